The van der Waals surface area contributed by atoms with Gasteiger partial charge < -0.3 is 14.8 Å². The van der Waals surface area contributed by atoms with E-state index in [0.29, 0.717) is 0 Å². The molecular weight excluding hydrogens is 226 g/mol. The van der Waals surface area contributed by atoms with Gasteiger partial charge in [-0.2, -0.15) is 0 Å². The highest BCUT2D eigenvalue weighted by atomic mass is 16.5. The van der Waals surface area contributed by atoms with Crippen molar-refractivity contribution >= 4 is 0 Å². The van der Waals surface area contributed by atoms with Crippen LogP contribution < -0.4 is 10.1 Å². The normalized spacial score (nSPS) is 35.0. The highest BCUT2D eigenvalue weighted by Gasteiger charge is 2.46. The van der Waals surface area contributed by atoms with Crippen LogP contribution in [0.1, 0.15) is 32.3 Å². The molecule has 2 unspecified atom stereocenters. The molecule has 1 aromatic rings. The number of hydrogen-bond donors (Lipinski definition) is 1. The van der Waals surface area contributed by atoms with E-state index in [1.54, 1.807) is 0 Å². The zero-order chi connectivity index (χ0) is 12.6. The van der Waals surface area contributed by atoms with Crippen molar-refractivity contribution in [2.45, 2.75) is 37.9 Å². The van der Waals surface area contributed by atoms with Gasteiger partial charge in [0.15, 0.2) is 0 Å². The van der Waals surface area contributed by atoms with Crippen molar-refractivity contribution in [3.63, 3.8) is 0 Å². The SMILES string of the molecule is CCC1(C)CNCC2(CCOc3ccccc32)O1. The van der Waals surface area contributed by atoms with E-state index in [1.807, 2.05) is 12.1 Å². The van der Waals surface area contributed by atoms with Gasteiger partial charge in [0.25, 0.3) is 0 Å². The van der Waals surface area contributed by atoms with E-state index in [0.717, 1.165) is 38.3 Å². The number of benzene rings is 1. The minimum atomic E-state index is -0.210. The van der Waals surface area contributed by atoms with Crippen molar-refractivity contribution in [3.05, 3.63) is 29.8 Å². The van der Waals surface area contributed by atoms with Crippen LogP contribution in [0.5, 0.6) is 5.75 Å². The number of para-hydroxylation sites is 1. The van der Waals surface area contributed by atoms with Crippen LogP contribution in [0.25, 0.3) is 0 Å². The van der Waals surface area contributed by atoms with Crippen molar-refractivity contribution in [2.24, 2.45) is 0 Å². The maximum absolute atomic E-state index is 6.54. The van der Waals surface area contributed by atoms with Gasteiger partial charge in [-0.1, -0.05) is 25.1 Å². The molecule has 1 N–H and O–H groups in total. The van der Waals surface area contributed by atoms with Crippen molar-refractivity contribution < 1.29 is 9.47 Å². The Hall–Kier alpha value is -1.06. The van der Waals surface area contributed by atoms with Crippen LogP contribution in [0, 0.1) is 0 Å². The Morgan fingerprint density at radius 2 is 2.11 bits per heavy atom. The first kappa shape index (κ1) is 12.0. The first-order valence-electron chi connectivity index (χ1n) is 6.81. The largest absolute Gasteiger partial charge is 0.493 e. The van der Waals surface area contributed by atoms with Crippen LogP contribution in [-0.4, -0.2) is 25.3 Å². The third-order valence-electron chi connectivity index (χ3n) is 4.24. The van der Waals surface area contributed by atoms with Crippen LogP contribution in [0.3, 0.4) is 0 Å². The third-order valence-corrected chi connectivity index (χ3v) is 4.24. The summed E-state index contributed by atoms with van der Waals surface area (Å²) >= 11 is 0. The first-order valence-corrected chi connectivity index (χ1v) is 6.81. The van der Waals surface area contributed by atoms with Gasteiger partial charge in [0.2, 0.25) is 0 Å². The summed E-state index contributed by atoms with van der Waals surface area (Å²) in [6.07, 6.45) is 1.94. The molecule has 0 saturated carbocycles. The molecule has 3 rings (SSSR count). The average molecular weight is 247 g/mol. The molecule has 3 heteroatoms. The second-order valence-corrected chi connectivity index (χ2v) is 5.60. The lowest BCUT2D eigenvalue weighted by Crippen LogP contribution is -2.58. The Morgan fingerprint density at radius 3 is 2.94 bits per heavy atom. The molecular formula is C15H21NO2. The highest BCUT2D eigenvalue weighted by molar-refractivity contribution is 5.40. The molecule has 18 heavy (non-hydrogen) atoms. The number of hydrogen-bond acceptors (Lipinski definition) is 3. The molecule has 3 nitrogen and oxygen atoms in total. The molecule has 1 aromatic carbocycles. The van der Waals surface area contributed by atoms with Crippen LogP contribution >= 0.6 is 0 Å². The fourth-order valence-electron chi connectivity index (χ4n) is 2.99. The van der Waals surface area contributed by atoms with Gasteiger partial charge in [0.05, 0.1) is 12.2 Å². The standard InChI is InChI=1S/C15H21NO2/c1-3-14(2)10-16-11-15(18-14)8-9-17-13-7-5-4-6-12(13)15/h4-7,16H,3,8-11H2,1-2H3. The summed E-state index contributed by atoms with van der Waals surface area (Å²) in [5, 5.41) is 3.55. The molecule has 2 atom stereocenters. The van der Waals surface area contributed by atoms with Gasteiger partial charge in [0, 0.05) is 25.1 Å². The van der Waals surface area contributed by atoms with Gasteiger partial charge in [-0.15, -0.1) is 0 Å². The van der Waals surface area contributed by atoms with Crippen LogP contribution in [-0.2, 0) is 10.3 Å². The van der Waals surface area contributed by atoms with Crippen molar-refractivity contribution in [3.8, 4) is 5.75 Å². The summed E-state index contributed by atoms with van der Waals surface area (Å²) in [5.74, 6) is 0.978. The van der Waals surface area contributed by atoms with Crippen molar-refractivity contribution in [1.29, 1.82) is 0 Å². The number of morpholine rings is 1. The first-order chi connectivity index (χ1) is 8.68. The van der Waals surface area contributed by atoms with E-state index in [2.05, 4.69) is 31.3 Å². The Bertz CT molecular complexity index is 448. The van der Waals surface area contributed by atoms with E-state index in [-0.39, 0.29) is 11.2 Å². The topological polar surface area (TPSA) is 30.5 Å². The van der Waals surface area contributed by atoms with Crippen LogP contribution in [0.4, 0.5) is 0 Å². The smallest absolute Gasteiger partial charge is 0.125 e. The Labute approximate surface area is 108 Å². The van der Waals surface area contributed by atoms with Gasteiger partial charge in [-0.3, -0.25) is 0 Å². The zero-order valence-corrected chi connectivity index (χ0v) is 11.2. The molecule has 0 amide bonds. The maximum atomic E-state index is 6.54. The number of rotatable bonds is 1. The van der Waals surface area contributed by atoms with E-state index < -0.39 is 0 Å². The number of ether oxygens (including phenoxy) is 2. The van der Waals surface area contributed by atoms with Gasteiger partial charge in [0.1, 0.15) is 11.4 Å². The molecule has 0 aromatic heterocycles. The molecule has 2 aliphatic rings. The summed E-state index contributed by atoms with van der Waals surface area (Å²) in [5.41, 5.74) is 0.906. The molecule has 2 aliphatic heterocycles. The van der Waals surface area contributed by atoms with Crippen molar-refractivity contribution in [1.82, 2.24) is 5.32 Å². The number of nitrogens with one attached hydrogen (secondary N) is 1. The van der Waals surface area contributed by atoms with E-state index in [9.17, 15) is 0 Å². The molecule has 1 saturated heterocycles. The summed E-state index contributed by atoms with van der Waals surface area (Å²) in [6.45, 7) is 6.92. The fourth-order valence-corrected chi connectivity index (χ4v) is 2.99. The van der Waals surface area contributed by atoms with E-state index in [1.165, 1.54) is 5.56 Å². The summed E-state index contributed by atoms with van der Waals surface area (Å²) < 4.78 is 12.3. The van der Waals surface area contributed by atoms with Gasteiger partial charge >= 0.3 is 0 Å². The molecule has 1 fully saturated rings. The Morgan fingerprint density at radius 1 is 1.28 bits per heavy atom. The molecule has 2 heterocycles. The second kappa shape index (κ2) is 4.25. The van der Waals surface area contributed by atoms with Crippen LogP contribution in [0.15, 0.2) is 24.3 Å². The highest BCUT2D eigenvalue weighted by Crippen LogP contribution is 2.43. The lowest BCUT2D eigenvalue weighted by Gasteiger charge is -2.49. The molecule has 0 radical (unpaired) electrons. The molecule has 98 valence electrons. The summed E-state index contributed by atoms with van der Waals surface area (Å²) in [6, 6.07) is 8.26. The Balaban J connectivity index is 2.01. The third kappa shape index (κ3) is 1.82. The van der Waals surface area contributed by atoms with E-state index >= 15 is 0 Å². The molecule has 1 spiro atoms. The zero-order valence-electron chi connectivity index (χ0n) is 11.2. The quantitative estimate of drug-likeness (QED) is 0.827. The van der Waals surface area contributed by atoms with Crippen molar-refractivity contribution in [2.75, 3.05) is 19.7 Å². The molecule has 0 bridgehead atoms. The number of fused-ring (bicyclic) bond motifs is 2. The van der Waals surface area contributed by atoms with Crippen LogP contribution in [0.2, 0.25) is 0 Å². The monoisotopic (exact) mass is 247 g/mol. The van der Waals surface area contributed by atoms with E-state index in [4.69, 9.17) is 9.47 Å². The summed E-state index contributed by atoms with van der Waals surface area (Å²) in [4.78, 5) is 0. The maximum Gasteiger partial charge on any atom is 0.125 e. The molecule has 0 aliphatic carbocycles. The summed E-state index contributed by atoms with van der Waals surface area (Å²) in [7, 11) is 0. The van der Waals surface area contributed by atoms with Gasteiger partial charge in [-0.25, -0.2) is 0 Å². The minimum absolute atomic E-state index is 0.0807. The fraction of sp³-hybridized carbons (Fsp3) is 0.600. The Kier molecular flexibility index (Phi) is 2.83. The lowest BCUT2D eigenvalue weighted by atomic mass is 9.84. The second-order valence-electron chi connectivity index (χ2n) is 5.60. The predicted molar refractivity (Wildman–Crippen MR) is 70.9 cm³/mol. The predicted octanol–water partition coefficient (Wildman–Crippen LogP) is 2.45. The average Bonchev–Trinajstić information content (AvgIpc) is 2.39. The van der Waals surface area contributed by atoms with Gasteiger partial charge in [-0.05, 0) is 19.4 Å². The lowest BCUT2D eigenvalue weighted by molar-refractivity contribution is -0.188. The minimum Gasteiger partial charge on any atom is -0.493 e.